The first-order valence-corrected chi connectivity index (χ1v) is 8.96. The lowest BCUT2D eigenvalue weighted by Crippen LogP contribution is -2.30. The van der Waals surface area contributed by atoms with Crippen molar-refractivity contribution in [1.29, 1.82) is 0 Å². The maximum absolute atomic E-state index is 12.6. The molecule has 1 aliphatic heterocycles. The van der Waals surface area contributed by atoms with Crippen molar-refractivity contribution in [2.24, 2.45) is 0 Å². The van der Waals surface area contributed by atoms with Crippen LogP contribution >= 0.6 is 11.6 Å². The molecule has 1 aliphatic rings. The normalized spacial score (nSPS) is 13.4. The molecule has 0 unspecified atom stereocenters. The molecular weight excluding hydrogens is 368 g/mol. The number of anilines is 2. The van der Waals surface area contributed by atoms with Crippen molar-refractivity contribution in [2.45, 2.75) is 13.8 Å². The van der Waals surface area contributed by atoms with Crippen LogP contribution in [-0.4, -0.2) is 39.2 Å². The zero-order valence-electron chi connectivity index (χ0n) is 15.9. The Labute approximate surface area is 164 Å². The third kappa shape index (κ3) is 4.17. The van der Waals surface area contributed by atoms with E-state index in [1.54, 1.807) is 35.4 Å². The van der Waals surface area contributed by atoms with Crippen LogP contribution < -0.4 is 9.80 Å². The van der Waals surface area contributed by atoms with E-state index in [0.717, 1.165) is 18.8 Å². The van der Waals surface area contributed by atoms with Crippen LogP contribution in [0.25, 0.3) is 0 Å². The molecule has 0 aromatic heterocycles. The molecule has 2 rings (SSSR count). The molecule has 7 heteroatoms. The van der Waals surface area contributed by atoms with Gasteiger partial charge in [-0.3, -0.25) is 0 Å². The Morgan fingerprint density at radius 1 is 1.07 bits per heavy atom. The summed E-state index contributed by atoms with van der Waals surface area (Å²) in [6.07, 6.45) is 6.61. The lowest BCUT2D eigenvalue weighted by atomic mass is 10.1. The monoisotopic (exact) mass is 390 g/mol. The van der Waals surface area contributed by atoms with E-state index >= 15 is 0 Å². The van der Waals surface area contributed by atoms with Gasteiger partial charge in [-0.2, -0.15) is 0 Å². The van der Waals surface area contributed by atoms with Gasteiger partial charge in [-0.25, -0.2) is 9.59 Å². The fourth-order valence-corrected chi connectivity index (χ4v) is 3.19. The van der Waals surface area contributed by atoms with Gasteiger partial charge in [0.1, 0.15) is 5.70 Å². The molecule has 0 N–H and O–H groups in total. The molecule has 1 aromatic rings. The molecule has 0 bridgehead atoms. The Kier molecular flexibility index (Phi) is 7.07. The van der Waals surface area contributed by atoms with Gasteiger partial charge in [0.05, 0.1) is 36.2 Å². The Balaban J connectivity index is 2.77. The number of para-hydroxylation sites is 1. The van der Waals surface area contributed by atoms with Crippen molar-refractivity contribution in [3.8, 4) is 0 Å². The number of carbonyl (C=O) groups is 2. The van der Waals surface area contributed by atoms with Gasteiger partial charge in [-0.05, 0) is 38.1 Å². The summed E-state index contributed by atoms with van der Waals surface area (Å²) in [4.78, 5) is 28.6. The van der Waals surface area contributed by atoms with Crippen LogP contribution in [0.4, 0.5) is 11.4 Å². The topological polar surface area (TPSA) is 59.1 Å². The van der Waals surface area contributed by atoms with Crippen molar-refractivity contribution in [3.05, 3.63) is 58.9 Å². The van der Waals surface area contributed by atoms with E-state index in [2.05, 4.69) is 4.90 Å². The Morgan fingerprint density at radius 3 is 2.33 bits per heavy atom. The highest BCUT2D eigenvalue weighted by Gasteiger charge is 2.29. The van der Waals surface area contributed by atoms with Crippen LogP contribution in [0.2, 0.25) is 5.02 Å². The van der Waals surface area contributed by atoms with E-state index in [1.165, 1.54) is 20.3 Å². The molecule has 0 radical (unpaired) electrons. The molecule has 0 fully saturated rings. The van der Waals surface area contributed by atoms with Crippen LogP contribution in [0.5, 0.6) is 0 Å². The molecule has 27 heavy (non-hydrogen) atoms. The lowest BCUT2D eigenvalue weighted by molar-refractivity contribution is -0.139. The number of hydrogen-bond acceptors (Lipinski definition) is 6. The first kappa shape index (κ1) is 20.6. The number of methoxy groups -OCH3 is 2. The van der Waals surface area contributed by atoms with E-state index in [1.807, 2.05) is 19.9 Å². The highest BCUT2D eigenvalue weighted by atomic mass is 35.5. The minimum Gasteiger partial charge on any atom is -0.465 e. The Morgan fingerprint density at radius 2 is 1.74 bits per heavy atom. The van der Waals surface area contributed by atoms with Crippen molar-refractivity contribution < 1.29 is 19.1 Å². The lowest BCUT2D eigenvalue weighted by Gasteiger charge is -2.31. The quantitative estimate of drug-likeness (QED) is 0.690. The van der Waals surface area contributed by atoms with Crippen molar-refractivity contribution in [3.63, 3.8) is 0 Å². The molecule has 0 amide bonds. The molecule has 0 saturated heterocycles. The molecule has 0 atom stereocenters. The maximum Gasteiger partial charge on any atom is 0.355 e. The third-order valence-electron chi connectivity index (χ3n) is 4.19. The predicted octanol–water partition coefficient (Wildman–Crippen LogP) is 3.68. The van der Waals surface area contributed by atoms with Crippen LogP contribution in [0.15, 0.2) is 53.9 Å². The van der Waals surface area contributed by atoms with Crippen molar-refractivity contribution in [2.75, 3.05) is 37.1 Å². The summed E-state index contributed by atoms with van der Waals surface area (Å²) in [5.41, 5.74) is 1.58. The van der Waals surface area contributed by atoms with Crippen LogP contribution in [0.3, 0.4) is 0 Å². The highest BCUT2D eigenvalue weighted by molar-refractivity contribution is 6.34. The number of allylic oxidation sites excluding steroid dienone is 2. The van der Waals surface area contributed by atoms with E-state index < -0.39 is 11.9 Å². The van der Waals surface area contributed by atoms with Gasteiger partial charge in [-0.1, -0.05) is 23.7 Å². The van der Waals surface area contributed by atoms with Crippen LogP contribution in [0, 0.1) is 0 Å². The van der Waals surface area contributed by atoms with Crippen molar-refractivity contribution >= 4 is 34.9 Å². The Hall–Kier alpha value is -2.73. The summed E-state index contributed by atoms with van der Waals surface area (Å²) < 4.78 is 9.80. The second-order valence-corrected chi connectivity index (χ2v) is 6.00. The number of nitrogens with zero attached hydrogens (tertiary/aromatic N) is 2. The van der Waals surface area contributed by atoms with Crippen molar-refractivity contribution in [1.82, 2.24) is 0 Å². The number of halogens is 1. The summed E-state index contributed by atoms with van der Waals surface area (Å²) in [5, 5.41) is 0.547. The van der Waals surface area contributed by atoms with Gasteiger partial charge in [0.15, 0.2) is 0 Å². The van der Waals surface area contributed by atoms with Gasteiger partial charge in [-0.15, -0.1) is 0 Å². The number of ether oxygens (including phenoxy) is 2. The van der Waals surface area contributed by atoms with Crippen LogP contribution in [-0.2, 0) is 19.1 Å². The molecule has 0 saturated carbocycles. The first-order chi connectivity index (χ1) is 13.0. The summed E-state index contributed by atoms with van der Waals surface area (Å²) in [6, 6.07) is 5.43. The molecule has 144 valence electrons. The summed E-state index contributed by atoms with van der Waals surface area (Å²) in [7, 11) is 2.53. The zero-order valence-corrected chi connectivity index (χ0v) is 16.6. The number of hydrogen-bond donors (Lipinski definition) is 0. The second-order valence-electron chi connectivity index (χ2n) is 5.60. The average molecular weight is 391 g/mol. The fourth-order valence-electron chi connectivity index (χ4n) is 2.90. The first-order valence-electron chi connectivity index (χ1n) is 8.58. The molecular formula is C20H23ClN2O4. The molecule has 0 spiro atoms. The molecule has 0 aliphatic carbocycles. The third-order valence-corrected chi connectivity index (χ3v) is 4.50. The maximum atomic E-state index is 12.6. The summed E-state index contributed by atoms with van der Waals surface area (Å²) in [6.45, 7) is 5.50. The zero-order chi connectivity index (χ0) is 20.0. The summed E-state index contributed by atoms with van der Waals surface area (Å²) in [5.74, 6) is -1.29. The average Bonchev–Trinajstić information content (AvgIpc) is 2.91. The standard InChI is InChI=1S/C20H23ClN2O4/c1-5-22(6-2)18-15(21)11-9-12-16(18)23-13-8-7-10-14(19(24)26-3)17(23)20(25)27-4/h7-13H,5-6H2,1-4H3. The molecule has 6 nitrogen and oxygen atoms in total. The van der Waals surface area contributed by atoms with Gasteiger partial charge < -0.3 is 19.3 Å². The highest BCUT2D eigenvalue weighted by Crippen LogP contribution is 2.39. The van der Waals surface area contributed by atoms with E-state index in [9.17, 15) is 9.59 Å². The smallest absolute Gasteiger partial charge is 0.355 e. The predicted molar refractivity (Wildman–Crippen MR) is 107 cm³/mol. The van der Waals surface area contributed by atoms with E-state index in [0.29, 0.717) is 10.7 Å². The number of rotatable bonds is 6. The van der Waals surface area contributed by atoms with E-state index in [-0.39, 0.29) is 11.3 Å². The van der Waals surface area contributed by atoms with Gasteiger partial charge in [0, 0.05) is 19.3 Å². The number of carbonyl (C=O) groups excluding carboxylic acids is 2. The fraction of sp³-hybridized carbons (Fsp3) is 0.300. The summed E-state index contributed by atoms with van der Waals surface area (Å²) >= 11 is 6.50. The minimum absolute atomic E-state index is 0.0602. The minimum atomic E-state index is -0.655. The number of benzene rings is 1. The molecule has 1 aromatic carbocycles. The molecule has 1 heterocycles. The largest absolute Gasteiger partial charge is 0.465 e. The SMILES string of the molecule is CCN(CC)c1c(Cl)cccc1N1C=CC=CC(C(=O)OC)=C1C(=O)OC. The van der Waals surface area contributed by atoms with Gasteiger partial charge in [0.2, 0.25) is 0 Å². The Bertz CT molecular complexity index is 810. The van der Waals surface area contributed by atoms with E-state index in [4.69, 9.17) is 21.1 Å². The van der Waals surface area contributed by atoms with Gasteiger partial charge in [0.25, 0.3) is 0 Å². The van der Waals surface area contributed by atoms with Gasteiger partial charge >= 0.3 is 11.9 Å². The van der Waals surface area contributed by atoms with Crippen LogP contribution in [0.1, 0.15) is 13.8 Å². The number of esters is 2. The second kappa shape index (κ2) is 9.28.